The average Bonchev–Trinajstić information content (AvgIpc) is 3.33. The lowest BCUT2D eigenvalue weighted by Crippen LogP contribution is -2.32. The number of thiazole rings is 1. The number of rotatable bonds is 6. The van der Waals surface area contributed by atoms with E-state index in [1.54, 1.807) is 33.2 Å². The third-order valence-electron chi connectivity index (χ3n) is 4.69. The molecule has 0 aliphatic heterocycles. The molecule has 0 spiro atoms. The topological polar surface area (TPSA) is 51.0 Å². The van der Waals surface area contributed by atoms with E-state index >= 15 is 0 Å². The standard InChI is InChI=1S/C21H22N4OS/c1-2-12-24(21-23-18-10-6-7-11-19(18)27-21)20(26)13-16-14-22-25(15-16)17-8-4-3-5-9-17/h2-5,8-9,14-15H,1,6-7,10-13H2. The van der Waals surface area contributed by atoms with Crippen LogP contribution in [0.5, 0.6) is 0 Å². The summed E-state index contributed by atoms with van der Waals surface area (Å²) < 4.78 is 1.79. The van der Waals surface area contributed by atoms with E-state index in [4.69, 9.17) is 4.98 Å². The summed E-state index contributed by atoms with van der Waals surface area (Å²) >= 11 is 1.65. The van der Waals surface area contributed by atoms with Crippen LogP contribution in [0, 0.1) is 0 Å². The van der Waals surface area contributed by atoms with Gasteiger partial charge in [-0.15, -0.1) is 17.9 Å². The van der Waals surface area contributed by atoms with Crippen molar-refractivity contribution < 1.29 is 4.79 Å². The maximum absolute atomic E-state index is 13.0. The lowest BCUT2D eigenvalue weighted by molar-refractivity contribution is -0.117. The van der Waals surface area contributed by atoms with E-state index in [1.807, 2.05) is 36.5 Å². The number of hydrogen-bond donors (Lipinski definition) is 0. The number of hydrogen-bond acceptors (Lipinski definition) is 4. The first kappa shape index (κ1) is 17.7. The molecular formula is C21H22N4OS. The number of carbonyl (C=O) groups excluding carboxylic acids is 1. The van der Waals surface area contributed by atoms with Crippen molar-refractivity contribution in [3.8, 4) is 5.69 Å². The smallest absolute Gasteiger partial charge is 0.233 e. The lowest BCUT2D eigenvalue weighted by Gasteiger charge is -2.17. The third-order valence-corrected chi connectivity index (χ3v) is 5.87. The van der Waals surface area contributed by atoms with E-state index < -0.39 is 0 Å². The number of amides is 1. The van der Waals surface area contributed by atoms with Crippen LogP contribution in [0.15, 0.2) is 55.4 Å². The zero-order valence-corrected chi connectivity index (χ0v) is 16.0. The van der Waals surface area contributed by atoms with E-state index in [1.165, 1.54) is 23.4 Å². The molecule has 0 radical (unpaired) electrons. The van der Waals surface area contributed by atoms with Crippen LogP contribution in [0.2, 0.25) is 0 Å². The van der Waals surface area contributed by atoms with E-state index in [9.17, 15) is 4.79 Å². The number of nitrogens with zero attached hydrogens (tertiary/aromatic N) is 4. The molecule has 0 atom stereocenters. The van der Waals surface area contributed by atoms with Crippen molar-refractivity contribution in [2.75, 3.05) is 11.4 Å². The van der Waals surface area contributed by atoms with Gasteiger partial charge in [0.15, 0.2) is 5.13 Å². The Labute approximate surface area is 163 Å². The molecule has 1 aliphatic carbocycles. The molecule has 0 fully saturated rings. The van der Waals surface area contributed by atoms with Gasteiger partial charge in [0.1, 0.15) is 0 Å². The van der Waals surface area contributed by atoms with Gasteiger partial charge in [-0.25, -0.2) is 9.67 Å². The molecule has 5 nitrogen and oxygen atoms in total. The minimum atomic E-state index is 0.0219. The summed E-state index contributed by atoms with van der Waals surface area (Å²) in [4.78, 5) is 20.8. The molecule has 0 bridgehead atoms. The highest BCUT2D eigenvalue weighted by atomic mass is 32.1. The minimum absolute atomic E-state index is 0.0219. The summed E-state index contributed by atoms with van der Waals surface area (Å²) in [5.41, 5.74) is 3.03. The molecule has 1 aromatic carbocycles. The molecule has 2 heterocycles. The average molecular weight is 379 g/mol. The van der Waals surface area contributed by atoms with E-state index in [0.29, 0.717) is 13.0 Å². The number of aryl methyl sites for hydroxylation is 2. The first-order chi connectivity index (χ1) is 13.2. The Hall–Kier alpha value is -2.73. The van der Waals surface area contributed by atoms with Gasteiger partial charge in [-0.1, -0.05) is 24.3 Å². The zero-order valence-electron chi connectivity index (χ0n) is 15.2. The van der Waals surface area contributed by atoms with Crippen LogP contribution in [0.25, 0.3) is 5.69 Å². The molecule has 6 heteroatoms. The van der Waals surface area contributed by atoms with E-state index in [2.05, 4.69) is 11.7 Å². The fourth-order valence-electron chi connectivity index (χ4n) is 3.31. The van der Waals surface area contributed by atoms with Crippen LogP contribution in [-0.2, 0) is 24.1 Å². The maximum atomic E-state index is 13.0. The SMILES string of the molecule is C=CCN(C(=O)Cc1cnn(-c2ccccc2)c1)c1nc2c(s1)CCCC2. The van der Waals surface area contributed by atoms with Crippen LogP contribution < -0.4 is 4.90 Å². The second-order valence-electron chi connectivity index (χ2n) is 6.67. The molecule has 3 aromatic rings. The number of aromatic nitrogens is 3. The molecule has 0 N–H and O–H groups in total. The van der Waals surface area contributed by atoms with Crippen LogP contribution >= 0.6 is 11.3 Å². The van der Waals surface area contributed by atoms with Crippen molar-refractivity contribution in [2.24, 2.45) is 0 Å². The van der Waals surface area contributed by atoms with Crippen molar-refractivity contribution in [3.05, 3.63) is 71.5 Å². The summed E-state index contributed by atoms with van der Waals surface area (Å²) in [6.07, 6.45) is 10.2. The summed E-state index contributed by atoms with van der Waals surface area (Å²) in [7, 11) is 0. The van der Waals surface area contributed by atoms with Gasteiger partial charge >= 0.3 is 0 Å². The molecule has 1 aliphatic rings. The third kappa shape index (κ3) is 3.85. The van der Waals surface area contributed by atoms with Gasteiger partial charge in [0.2, 0.25) is 5.91 Å². The maximum Gasteiger partial charge on any atom is 0.233 e. The van der Waals surface area contributed by atoms with E-state index in [-0.39, 0.29) is 5.91 Å². The Bertz CT molecular complexity index is 921. The van der Waals surface area contributed by atoms with Crippen LogP contribution in [0.1, 0.15) is 29.0 Å². The normalized spacial score (nSPS) is 13.2. The monoisotopic (exact) mass is 378 g/mol. The number of fused-ring (bicyclic) bond motifs is 1. The Morgan fingerprint density at radius 3 is 2.85 bits per heavy atom. The highest BCUT2D eigenvalue weighted by Crippen LogP contribution is 2.32. The molecule has 4 rings (SSSR count). The Kier molecular flexibility index (Phi) is 5.16. The van der Waals surface area contributed by atoms with E-state index in [0.717, 1.165) is 29.2 Å². The van der Waals surface area contributed by atoms with Gasteiger partial charge in [-0.05, 0) is 43.4 Å². The van der Waals surface area contributed by atoms with Gasteiger partial charge in [0, 0.05) is 17.6 Å². The quantitative estimate of drug-likeness (QED) is 0.610. The molecule has 27 heavy (non-hydrogen) atoms. The second kappa shape index (κ2) is 7.88. The summed E-state index contributed by atoms with van der Waals surface area (Å²) in [6, 6.07) is 9.89. The second-order valence-corrected chi connectivity index (χ2v) is 7.73. The van der Waals surface area contributed by atoms with Crippen molar-refractivity contribution >= 4 is 22.4 Å². The Morgan fingerprint density at radius 2 is 2.07 bits per heavy atom. The Balaban J connectivity index is 1.52. The lowest BCUT2D eigenvalue weighted by atomic mass is 10.0. The fourth-order valence-corrected chi connectivity index (χ4v) is 4.49. The first-order valence-electron chi connectivity index (χ1n) is 9.23. The molecule has 0 saturated carbocycles. The highest BCUT2D eigenvalue weighted by molar-refractivity contribution is 7.16. The number of benzene rings is 1. The predicted molar refractivity (Wildman–Crippen MR) is 109 cm³/mol. The Morgan fingerprint density at radius 1 is 1.26 bits per heavy atom. The minimum Gasteiger partial charge on any atom is -0.284 e. The van der Waals surface area contributed by atoms with Crippen LogP contribution in [-0.4, -0.2) is 27.2 Å². The van der Waals surface area contributed by atoms with Gasteiger partial charge in [0.05, 0.1) is 24.0 Å². The summed E-state index contributed by atoms with van der Waals surface area (Å²) in [6.45, 7) is 4.28. The predicted octanol–water partition coefficient (Wildman–Crippen LogP) is 3.97. The zero-order chi connectivity index (χ0) is 18.6. The van der Waals surface area contributed by atoms with Gasteiger partial charge in [-0.2, -0.15) is 5.10 Å². The molecule has 2 aromatic heterocycles. The van der Waals surface area contributed by atoms with Crippen LogP contribution in [0.4, 0.5) is 5.13 Å². The van der Waals surface area contributed by atoms with Crippen LogP contribution in [0.3, 0.4) is 0 Å². The molecule has 138 valence electrons. The number of anilines is 1. The van der Waals surface area contributed by atoms with Crippen molar-refractivity contribution in [1.82, 2.24) is 14.8 Å². The number of carbonyl (C=O) groups is 1. The van der Waals surface area contributed by atoms with Gasteiger partial charge < -0.3 is 0 Å². The largest absolute Gasteiger partial charge is 0.284 e. The van der Waals surface area contributed by atoms with Gasteiger partial charge in [-0.3, -0.25) is 9.69 Å². The summed E-state index contributed by atoms with van der Waals surface area (Å²) in [5, 5.41) is 5.18. The van der Waals surface area contributed by atoms with Crippen molar-refractivity contribution in [1.29, 1.82) is 0 Å². The van der Waals surface area contributed by atoms with Crippen molar-refractivity contribution in [2.45, 2.75) is 32.1 Å². The highest BCUT2D eigenvalue weighted by Gasteiger charge is 2.22. The molecule has 0 unspecified atom stereocenters. The molecule has 1 amide bonds. The fraction of sp³-hybridized carbons (Fsp3) is 0.286. The molecule has 0 saturated heterocycles. The van der Waals surface area contributed by atoms with Gasteiger partial charge in [0.25, 0.3) is 0 Å². The first-order valence-corrected chi connectivity index (χ1v) is 10.0. The molecular weight excluding hydrogens is 356 g/mol. The summed E-state index contributed by atoms with van der Waals surface area (Å²) in [5.74, 6) is 0.0219. The number of para-hydroxylation sites is 1. The van der Waals surface area contributed by atoms with Crippen molar-refractivity contribution in [3.63, 3.8) is 0 Å².